The van der Waals surface area contributed by atoms with Crippen LogP contribution in [0.1, 0.15) is 25.7 Å². The van der Waals surface area contributed by atoms with Crippen LogP contribution >= 0.6 is 0 Å². The Hall–Kier alpha value is -0.300. The van der Waals surface area contributed by atoms with Crippen molar-refractivity contribution in [2.24, 2.45) is 17.8 Å². The molecule has 0 amide bonds. The number of fused-ring (bicyclic) bond motifs is 2. The molecule has 0 unspecified atom stereocenters. The van der Waals surface area contributed by atoms with Gasteiger partial charge in [-0.05, 0) is 43.4 Å². The van der Waals surface area contributed by atoms with Crippen molar-refractivity contribution in [3.63, 3.8) is 0 Å². The second-order valence-corrected chi connectivity index (χ2v) is 4.01. The normalized spacial score (nSPS) is 48.1. The van der Waals surface area contributed by atoms with E-state index in [0.717, 1.165) is 12.3 Å². The lowest BCUT2D eigenvalue weighted by molar-refractivity contribution is 0.0604. The second-order valence-electron chi connectivity index (χ2n) is 4.01. The van der Waals surface area contributed by atoms with Gasteiger partial charge in [0.2, 0.25) is 0 Å². The molecular formula is C10H16O. The lowest BCUT2D eigenvalue weighted by Gasteiger charge is -2.25. The van der Waals surface area contributed by atoms with Crippen molar-refractivity contribution in [2.45, 2.75) is 31.8 Å². The summed E-state index contributed by atoms with van der Waals surface area (Å²) in [6, 6.07) is 0. The maximum atomic E-state index is 9.76. The van der Waals surface area contributed by atoms with Crippen LogP contribution in [0, 0.1) is 17.8 Å². The predicted octanol–water partition coefficient (Wildman–Crippen LogP) is 1.97. The first kappa shape index (κ1) is 7.35. The molecule has 0 saturated heterocycles. The van der Waals surface area contributed by atoms with Gasteiger partial charge in [0.05, 0.1) is 6.10 Å². The van der Waals surface area contributed by atoms with Crippen LogP contribution in [0.2, 0.25) is 0 Å². The zero-order valence-corrected chi connectivity index (χ0v) is 6.87. The van der Waals surface area contributed by atoms with Crippen LogP contribution in [0.3, 0.4) is 0 Å². The number of hydrogen-bond donors (Lipinski definition) is 1. The van der Waals surface area contributed by atoms with Crippen molar-refractivity contribution in [2.75, 3.05) is 0 Å². The van der Waals surface area contributed by atoms with Gasteiger partial charge in [-0.2, -0.15) is 0 Å². The van der Waals surface area contributed by atoms with E-state index >= 15 is 0 Å². The fraction of sp³-hybridized carbons (Fsp3) is 0.800. The molecule has 2 aliphatic rings. The van der Waals surface area contributed by atoms with E-state index in [1.807, 2.05) is 6.08 Å². The smallest absolute Gasteiger partial charge is 0.0602 e. The molecule has 1 heteroatoms. The van der Waals surface area contributed by atoms with Gasteiger partial charge in [-0.1, -0.05) is 6.08 Å². The van der Waals surface area contributed by atoms with Crippen molar-refractivity contribution in [3.05, 3.63) is 12.7 Å². The van der Waals surface area contributed by atoms with Crippen LogP contribution in [0.25, 0.3) is 0 Å². The Labute approximate surface area is 68.1 Å². The fourth-order valence-corrected chi connectivity index (χ4v) is 2.90. The highest BCUT2D eigenvalue weighted by Crippen LogP contribution is 2.49. The molecule has 1 nitrogen and oxygen atoms in total. The maximum Gasteiger partial charge on any atom is 0.0602 e. The molecular weight excluding hydrogens is 136 g/mol. The van der Waals surface area contributed by atoms with Gasteiger partial charge in [0.1, 0.15) is 0 Å². The SMILES string of the molecule is C=CC[C@@H]1[C@H]2CC[C@@H](C2)[C@@H]1O. The molecule has 1 N–H and O–H groups in total. The van der Waals surface area contributed by atoms with Gasteiger partial charge in [-0.3, -0.25) is 0 Å². The highest BCUT2D eigenvalue weighted by molar-refractivity contribution is 4.98. The summed E-state index contributed by atoms with van der Waals surface area (Å²) < 4.78 is 0. The summed E-state index contributed by atoms with van der Waals surface area (Å²) in [6.07, 6.45) is 6.85. The number of rotatable bonds is 2. The highest BCUT2D eigenvalue weighted by Gasteiger charge is 2.45. The minimum absolute atomic E-state index is 0.00764. The summed E-state index contributed by atoms with van der Waals surface area (Å²) in [5.74, 6) is 1.99. The molecule has 2 aliphatic carbocycles. The molecule has 2 bridgehead atoms. The van der Waals surface area contributed by atoms with E-state index in [2.05, 4.69) is 6.58 Å². The minimum atomic E-state index is -0.00764. The second kappa shape index (κ2) is 2.63. The summed E-state index contributed by atoms with van der Waals surface area (Å²) in [4.78, 5) is 0. The summed E-state index contributed by atoms with van der Waals surface area (Å²) in [6.45, 7) is 3.73. The fourth-order valence-electron chi connectivity index (χ4n) is 2.90. The van der Waals surface area contributed by atoms with Gasteiger partial charge in [0.25, 0.3) is 0 Å². The Bertz CT molecular complexity index is 162. The van der Waals surface area contributed by atoms with E-state index in [9.17, 15) is 5.11 Å². The summed E-state index contributed by atoms with van der Waals surface area (Å²) in [5, 5.41) is 9.76. The van der Waals surface area contributed by atoms with E-state index in [1.54, 1.807) is 0 Å². The van der Waals surface area contributed by atoms with Crippen molar-refractivity contribution >= 4 is 0 Å². The van der Waals surface area contributed by atoms with Gasteiger partial charge >= 0.3 is 0 Å². The first-order valence-electron chi connectivity index (χ1n) is 4.62. The van der Waals surface area contributed by atoms with Gasteiger partial charge < -0.3 is 5.11 Å². The third kappa shape index (κ3) is 1.02. The summed E-state index contributed by atoms with van der Waals surface area (Å²) >= 11 is 0. The van der Waals surface area contributed by atoms with Crippen molar-refractivity contribution in [3.8, 4) is 0 Å². The van der Waals surface area contributed by atoms with Crippen molar-refractivity contribution < 1.29 is 5.11 Å². The lowest BCUT2D eigenvalue weighted by Crippen LogP contribution is -2.26. The Morgan fingerprint density at radius 3 is 2.64 bits per heavy atom. The standard InChI is InChI=1S/C10H16O/c1-2-3-9-7-4-5-8(6-7)10(9)11/h2,7-11H,1,3-6H2/t7-,8-,9+,10-/m0/s1. The molecule has 2 fully saturated rings. The van der Waals surface area contributed by atoms with Crippen LogP contribution in [-0.4, -0.2) is 11.2 Å². The number of hydrogen-bond acceptors (Lipinski definition) is 1. The van der Waals surface area contributed by atoms with Gasteiger partial charge in [-0.25, -0.2) is 0 Å². The molecule has 11 heavy (non-hydrogen) atoms. The van der Waals surface area contributed by atoms with Gasteiger partial charge in [0, 0.05) is 0 Å². The zero-order valence-electron chi connectivity index (χ0n) is 6.87. The predicted molar refractivity (Wildman–Crippen MR) is 45.1 cm³/mol. The Morgan fingerprint density at radius 2 is 2.09 bits per heavy atom. The Kier molecular flexibility index (Phi) is 1.76. The lowest BCUT2D eigenvalue weighted by atomic mass is 9.84. The van der Waals surface area contributed by atoms with E-state index in [4.69, 9.17) is 0 Å². The molecule has 0 spiro atoms. The third-order valence-corrected chi connectivity index (χ3v) is 3.48. The van der Waals surface area contributed by atoms with E-state index in [0.29, 0.717) is 11.8 Å². The van der Waals surface area contributed by atoms with Crippen LogP contribution in [0.15, 0.2) is 12.7 Å². The van der Waals surface area contributed by atoms with Crippen LogP contribution in [0.4, 0.5) is 0 Å². The van der Waals surface area contributed by atoms with E-state index in [-0.39, 0.29) is 6.10 Å². The van der Waals surface area contributed by atoms with Crippen LogP contribution < -0.4 is 0 Å². The molecule has 0 heterocycles. The molecule has 0 aromatic rings. The quantitative estimate of drug-likeness (QED) is 0.600. The molecule has 0 radical (unpaired) electrons. The first-order valence-corrected chi connectivity index (χ1v) is 4.62. The molecule has 0 aromatic carbocycles. The van der Waals surface area contributed by atoms with Gasteiger partial charge in [0.15, 0.2) is 0 Å². The summed E-state index contributed by atoms with van der Waals surface area (Å²) in [7, 11) is 0. The van der Waals surface area contributed by atoms with Crippen LogP contribution in [-0.2, 0) is 0 Å². The molecule has 62 valence electrons. The third-order valence-electron chi connectivity index (χ3n) is 3.48. The topological polar surface area (TPSA) is 20.2 Å². The van der Waals surface area contributed by atoms with E-state index in [1.165, 1.54) is 19.3 Å². The number of aliphatic hydroxyl groups is 1. The summed E-state index contributed by atoms with van der Waals surface area (Å²) in [5.41, 5.74) is 0. The zero-order chi connectivity index (χ0) is 7.84. The van der Waals surface area contributed by atoms with Gasteiger partial charge in [-0.15, -0.1) is 6.58 Å². The Balaban J connectivity index is 2.05. The average molecular weight is 152 g/mol. The minimum Gasteiger partial charge on any atom is -0.393 e. The largest absolute Gasteiger partial charge is 0.393 e. The van der Waals surface area contributed by atoms with Crippen LogP contribution in [0.5, 0.6) is 0 Å². The molecule has 0 aliphatic heterocycles. The average Bonchev–Trinajstić information content (AvgIpc) is 2.54. The molecule has 0 aromatic heterocycles. The first-order chi connectivity index (χ1) is 5.33. The number of aliphatic hydroxyl groups excluding tert-OH is 1. The molecule has 2 saturated carbocycles. The number of allylic oxidation sites excluding steroid dienone is 1. The highest BCUT2D eigenvalue weighted by atomic mass is 16.3. The monoisotopic (exact) mass is 152 g/mol. The maximum absolute atomic E-state index is 9.76. The van der Waals surface area contributed by atoms with Crippen molar-refractivity contribution in [1.29, 1.82) is 0 Å². The molecule has 2 rings (SSSR count). The molecule has 4 atom stereocenters. The van der Waals surface area contributed by atoms with Crippen molar-refractivity contribution in [1.82, 2.24) is 0 Å². The van der Waals surface area contributed by atoms with E-state index < -0.39 is 0 Å². The Morgan fingerprint density at radius 1 is 1.36 bits per heavy atom.